The van der Waals surface area contributed by atoms with Gasteiger partial charge in [-0.05, 0) is 54.7 Å². The second kappa shape index (κ2) is 21.4. The van der Waals surface area contributed by atoms with Crippen molar-refractivity contribution in [3.8, 4) is 0 Å². The van der Waals surface area contributed by atoms with Gasteiger partial charge >= 0.3 is 6.03 Å². The van der Waals surface area contributed by atoms with Crippen molar-refractivity contribution in [3.05, 3.63) is 41.7 Å². The molecule has 5 N–H and O–H groups in total. The van der Waals surface area contributed by atoms with Crippen LogP contribution in [0.4, 0.5) is 22.1 Å². The van der Waals surface area contributed by atoms with Crippen LogP contribution >= 0.6 is 0 Å². The molecule has 0 radical (unpaired) electrons. The number of nitrogens with one attached hydrogen (secondary N) is 2. The number of primary amides is 1. The van der Waals surface area contributed by atoms with Crippen LogP contribution in [-0.4, -0.2) is 72.2 Å². The molecule has 46 heavy (non-hydrogen) atoms. The van der Waals surface area contributed by atoms with E-state index in [4.69, 9.17) is 15.8 Å². The number of urea groups is 1. The summed E-state index contributed by atoms with van der Waals surface area (Å²) in [4.78, 5) is 36.8. The zero-order valence-corrected chi connectivity index (χ0v) is 30.2. The number of aliphatic hydroxyl groups is 1. The van der Waals surface area contributed by atoms with E-state index in [1.165, 1.54) is 36.1 Å². The van der Waals surface area contributed by atoms with E-state index in [1.807, 2.05) is 26.0 Å². The quantitative estimate of drug-likeness (QED) is 0.215. The molecule has 2 fully saturated rings. The lowest BCUT2D eigenvalue weighted by Gasteiger charge is -2.34. The average molecular weight is 642 g/mol. The number of aromatic nitrogens is 2. The van der Waals surface area contributed by atoms with Gasteiger partial charge in [0.25, 0.3) is 5.91 Å². The van der Waals surface area contributed by atoms with Crippen molar-refractivity contribution in [3.63, 3.8) is 0 Å². The van der Waals surface area contributed by atoms with Crippen LogP contribution < -0.4 is 21.3 Å². The third kappa shape index (κ3) is 12.8. The van der Waals surface area contributed by atoms with Crippen molar-refractivity contribution in [2.75, 3.05) is 44.5 Å². The van der Waals surface area contributed by atoms with E-state index in [9.17, 15) is 9.59 Å². The van der Waals surface area contributed by atoms with Crippen LogP contribution in [0.5, 0.6) is 0 Å². The van der Waals surface area contributed by atoms with Crippen LogP contribution in [0, 0.1) is 5.92 Å². The van der Waals surface area contributed by atoms with E-state index < -0.39 is 5.91 Å². The number of hydrogen-bond donors (Lipinski definition) is 4. The van der Waals surface area contributed by atoms with E-state index in [1.54, 1.807) is 20.3 Å². The predicted molar refractivity (Wildman–Crippen MR) is 192 cm³/mol. The first-order valence-electron chi connectivity index (χ1n) is 17.3. The van der Waals surface area contributed by atoms with Gasteiger partial charge < -0.3 is 31.3 Å². The minimum Gasteiger partial charge on any atom is -0.400 e. The summed E-state index contributed by atoms with van der Waals surface area (Å²) in [5, 5.41) is 13.3. The number of rotatable bonds is 10. The third-order valence-corrected chi connectivity index (χ3v) is 8.56. The SMILES string of the molecule is CC.CC1CCCC1.CCCC(C)(CCC)c1ccc(Nc2nc(N3CCCC(NC(=O)N(C)C)C3)cnc2C(N)=O)cc1.CO. The number of carbonyl (C=O) groups excluding carboxylic acids is 2. The standard InChI is InChI=1S/C27H41N7O2.C6H12.C2H6.CH4O/c1-6-14-27(3,15-7-2)19-10-12-20(13-11-19)30-25-23(24(28)35)29-17-22(32-25)34-16-8-9-21(18-34)31-26(36)33(4)5;1-6-4-2-3-5-6;2*1-2/h10-13,17,21H,6-9,14-16,18H2,1-5H3,(H2,28,35)(H,30,32)(H,31,36);6H,2-5H2,1H3;1-2H3;2H,1H3. The summed E-state index contributed by atoms with van der Waals surface area (Å²) in [6.07, 6.45) is 13.9. The lowest BCUT2D eigenvalue weighted by molar-refractivity contribution is 0.0996. The highest BCUT2D eigenvalue weighted by Crippen LogP contribution is 2.35. The van der Waals surface area contributed by atoms with Gasteiger partial charge in [-0.3, -0.25) is 4.79 Å². The molecule has 0 spiro atoms. The lowest BCUT2D eigenvalue weighted by atomic mass is 9.75. The van der Waals surface area contributed by atoms with Gasteiger partial charge in [-0.1, -0.05) is 92.2 Å². The predicted octanol–water partition coefficient (Wildman–Crippen LogP) is 7.25. The molecule has 10 heteroatoms. The highest BCUT2D eigenvalue weighted by atomic mass is 16.2. The molecule has 2 aromatic rings. The van der Waals surface area contributed by atoms with E-state index in [-0.39, 0.29) is 23.2 Å². The van der Waals surface area contributed by atoms with Crippen LogP contribution in [0.3, 0.4) is 0 Å². The minimum atomic E-state index is -0.638. The fraction of sp³-hybridized carbons (Fsp3) is 0.667. The molecule has 1 saturated carbocycles. The Morgan fingerprint density at radius 1 is 1.02 bits per heavy atom. The van der Waals surface area contributed by atoms with Gasteiger partial charge in [-0.2, -0.15) is 0 Å². The van der Waals surface area contributed by atoms with Crippen molar-refractivity contribution in [1.29, 1.82) is 0 Å². The topological polar surface area (TPSA) is 137 Å². The summed E-state index contributed by atoms with van der Waals surface area (Å²) in [6.45, 7) is 14.5. The monoisotopic (exact) mass is 641 g/mol. The summed E-state index contributed by atoms with van der Waals surface area (Å²) in [7, 11) is 4.45. The number of anilines is 3. The zero-order valence-electron chi connectivity index (χ0n) is 30.2. The van der Waals surface area contributed by atoms with Gasteiger partial charge in [0.15, 0.2) is 11.5 Å². The van der Waals surface area contributed by atoms with Gasteiger partial charge in [0, 0.05) is 46.0 Å². The maximum Gasteiger partial charge on any atom is 0.317 e. The summed E-state index contributed by atoms with van der Waals surface area (Å²) in [5.74, 6) is 1.38. The fourth-order valence-electron chi connectivity index (χ4n) is 6.15. The molecule has 1 saturated heterocycles. The first-order chi connectivity index (χ1) is 22.1. The van der Waals surface area contributed by atoms with Gasteiger partial charge in [-0.15, -0.1) is 0 Å². The number of nitrogens with two attached hydrogens (primary N) is 1. The molecule has 1 unspecified atom stereocenters. The van der Waals surface area contributed by atoms with Gasteiger partial charge in [0.1, 0.15) is 5.82 Å². The molecular formula is C36H63N7O3. The maximum atomic E-state index is 12.1. The van der Waals surface area contributed by atoms with Crippen LogP contribution in [0.1, 0.15) is 122 Å². The van der Waals surface area contributed by atoms with Gasteiger partial charge in [-0.25, -0.2) is 14.8 Å². The number of hydrogen-bond acceptors (Lipinski definition) is 7. The van der Waals surface area contributed by atoms with Gasteiger partial charge in [0.05, 0.1) is 6.20 Å². The zero-order chi connectivity index (χ0) is 34.7. The Kier molecular flexibility index (Phi) is 18.9. The average Bonchev–Trinajstić information content (AvgIpc) is 3.54. The maximum absolute atomic E-state index is 12.1. The fourth-order valence-corrected chi connectivity index (χ4v) is 6.15. The Labute approximate surface area is 278 Å². The molecule has 1 aromatic heterocycles. The Balaban J connectivity index is 0.000000919. The van der Waals surface area contributed by atoms with Crippen LogP contribution in [0.2, 0.25) is 0 Å². The second-order valence-electron chi connectivity index (χ2n) is 12.6. The molecule has 4 rings (SSSR count). The summed E-state index contributed by atoms with van der Waals surface area (Å²) >= 11 is 0. The second-order valence-corrected chi connectivity index (χ2v) is 12.6. The van der Waals surface area contributed by atoms with Crippen molar-refractivity contribution >= 4 is 29.3 Å². The number of nitrogens with zero attached hydrogens (tertiary/aromatic N) is 4. The van der Waals surface area contributed by atoms with Crippen molar-refractivity contribution in [2.24, 2.45) is 11.7 Å². The Bertz CT molecular complexity index is 1140. The van der Waals surface area contributed by atoms with E-state index in [0.29, 0.717) is 18.2 Å². The number of piperidine rings is 1. The summed E-state index contributed by atoms with van der Waals surface area (Å²) < 4.78 is 0. The van der Waals surface area contributed by atoms with Crippen LogP contribution in [0.15, 0.2) is 30.5 Å². The van der Waals surface area contributed by atoms with Crippen molar-refractivity contribution in [1.82, 2.24) is 20.2 Å². The molecule has 0 bridgehead atoms. The lowest BCUT2D eigenvalue weighted by Crippen LogP contribution is -2.50. The van der Waals surface area contributed by atoms with Crippen molar-refractivity contribution < 1.29 is 14.7 Å². The Morgan fingerprint density at radius 2 is 1.61 bits per heavy atom. The Morgan fingerprint density at radius 3 is 2.09 bits per heavy atom. The molecule has 2 heterocycles. The number of amides is 3. The van der Waals surface area contributed by atoms with Crippen LogP contribution in [-0.2, 0) is 5.41 Å². The normalized spacial score (nSPS) is 16.0. The van der Waals surface area contributed by atoms with Crippen LogP contribution in [0.25, 0.3) is 0 Å². The largest absolute Gasteiger partial charge is 0.400 e. The molecule has 10 nitrogen and oxygen atoms in total. The first kappa shape index (κ1) is 40.6. The molecule has 2 aliphatic rings. The minimum absolute atomic E-state index is 0.00997. The Hall–Kier alpha value is -3.40. The molecule has 1 aliphatic heterocycles. The highest BCUT2D eigenvalue weighted by molar-refractivity contribution is 5.96. The van der Waals surface area contributed by atoms with Gasteiger partial charge in [0.2, 0.25) is 0 Å². The number of benzene rings is 1. The van der Waals surface area contributed by atoms with E-state index >= 15 is 0 Å². The van der Waals surface area contributed by atoms with Crippen molar-refractivity contribution in [2.45, 2.75) is 117 Å². The smallest absolute Gasteiger partial charge is 0.317 e. The molecule has 1 aliphatic carbocycles. The van der Waals surface area contributed by atoms with E-state index in [0.717, 1.165) is 63.8 Å². The summed E-state index contributed by atoms with van der Waals surface area (Å²) in [5.41, 5.74) is 7.97. The molecule has 260 valence electrons. The first-order valence-corrected chi connectivity index (χ1v) is 17.3. The molecular weight excluding hydrogens is 578 g/mol. The highest BCUT2D eigenvalue weighted by Gasteiger charge is 2.26. The third-order valence-electron chi connectivity index (χ3n) is 8.56. The molecule has 1 aromatic carbocycles. The summed E-state index contributed by atoms with van der Waals surface area (Å²) in [6, 6.07) is 8.24. The number of carbonyl (C=O) groups is 2. The van der Waals surface area contributed by atoms with E-state index in [2.05, 4.69) is 60.3 Å². The number of aliphatic hydroxyl groups excluding tert-OH is 1. The molecule has 1 atom stereocenters. The molecule has 3 amide bonds.